The Balaban J connectivity index is 2.56. The molecule has 0 saturated carbocycles. The number of hydrogen-bond acceptors (Lipinski definition) is 4. The number of halogens is 1. The van der Waals surface area contributed by atoms with Crippen LogP contribution in [-0.4, -0.2) is 24.5 Å². The highest BCUT2D eigenvalue weighted by atomic mass is 127. The van der Waals surface area contributed by atoms with Gasteiger partial charge in [0.05, 0.1) is 5.56 Å². The minimum absolute atomic E-state index is 0.0638. The van der Waals surface area contributed by atoms with E-state index >= 15 is 0 Å². The Morgan fingerprint density at radius 2 is 2.16 bits per heavy atom. The third kappa shape index (κ3) is 5.06. The molecule has 0 aliphatic carbocycles. The molecule has 6 heteroatoms. The summed E-state index contributed by atoms with van der Waals surface area (Å²) in [5.74, 6) is -0.901. The zero-order chi connectivity index (χ0) is 14.4. The van der Waals surface area contributed by atoms with Crippen LogP contribution in [0.25, 0.3) is 0 Å². The Morgan fingerprint density at radius 1 is 1.47 bits per heavy atom. The maximum absolute atomic E-state index is 11.8. The van der Waals surface area contributed by atoms with E-state index in [1.807, 2.05) is 13.8 Å². The summed E-state index contributed by atoms with van der Waals surface area (Å²) in [4.78, 5) is 23.3. The van der Waals surface area contributed by atoms with Crippen LogP contribution in [0.5, 0.6) is 0 Å². The van der Waals surface area contributed by atoms with E-state index < -0.39 is 5.97 Å². The zero-order valence-electron chi connectivity index (χ0n) is 10.9. The molecule has 0 radical (unpaired) electrons. The van der Waals surface area contributed by atoms with E-state index in [4.69, 9.17) is 10.5 Å². The highest BCUT2D eigenvalue weighted by molar-refractivity contribution is 14.1. The van der Waals surface area contributed by atoms with Gasteiger partial charge in [-0.25, -0.2) is 4.79 Å². The van der Waals surface area contributed by atoms with Gasteiger partial charge in [-0.05, 0) is 54.1 Å². The second-order valence-corrected chi connectivity index (χ2v) is 5.43. The van der Waals surface area contributed by atoms with Crippen LogP contribution in [0, 0.1) is 3.57 Å². The fourth-order valence-electron chi connectivity index (χ4n) is 1.33. The Kier molecular flexibility index (Phi) is 6.07. The van der Waals surface area contributed by atoms with Crippen molar-refractivity contribution in [3.8, 4) is 0 Å². The normalized spacial score (nSPS) is 11.7. The summed E-state index contributed by atoms with van der Waals surface area (Å²) >= 11 is 2.08. The van der Waals surface area contributed by atoms with E-state index in [2.05, 4.69) is 27.9 Å². The zero-order valence-corrected chi connectivity index (χ0v) is 13.1. The number of benzene rings is 1. The summed E-state index contributed by atoms with van der Waals surface area (Å²) in [5, 5.41) is 2.71. The minimum atomic E-state index is -0.588. The van der Waals surface area contributed by atoms with Crippen LogP contribution in [-0.2, 0) is 9.53 Å². The first-order valence-electron chi connectivity index (χ1n) is 5.95. The van der Waals surface area contributed by atoms with Crippen molar-refractivity contribution in [1.82, 2.24) is 5.32 Å². The predicted molar refractivity (Wildman–Crippen MR) is 81.7 cm³/mol. The molecule has 1 amide bonds. The Morgan fingerprint density at radius 3 is 2.79 bits per heavy atom. The lowest BCUT2D eigenvalue weighted by Crippen LogP contribution is -2.35. The third-order valence-electron chi connectivity index (χ3n) is 2.59. The number of esters is 1. The number of nitrogens with two attached hydrogens (primary N) is 1. The average molecular weight is 376 g/mol. The van der Waals surface area contributed by atoms with E-state index in [-0.39, 0.29) is 24.1 Å². The van der Waals surface area contributed by atoms with E-state index in [0.717, 1.165) is 9.99 Å². The maximum Gasteiger partial charge on any atom is 0.340 e. The van der Waals surface area contributed by atoms with Gasteiger partial charge in [0.2, 0.25) is 0 Å². The van der Waals surface area contributed by atoms with Gasteiger partial charge in [0.15, 0.2) is 6.61 Å². The second-order valence-electron chi connectivity index (χ2n) is 4.18. The number of nitrogen functional groups attached to an aromatic ring is 1. The molecule has 3 N–H and O–H groups in total. The van der Waals surface area contributed by atoms with Crippen LogP contribution in [0.3, 0.4) is 0 Å². The van der Waals surface area contributed by atoms with Crippen molar-refractivity contribution in [2.75, 3.05) is 12.3 Å². The summed E-state index contributed by atoms with van der Waals surface area (Å²) in [6.45, 7) is 3.55. The van der Waals surface area contributed by atoms with E-state index in [9.17, 15) is 9.59 Å². The van der Waals surface area contributed by atoms with Crippen molar-refractivity contribution in [2.24, 2.45) is 0 Å². The van der Waals surface area contributed by atoms with E-state index in [1.165, 1.54) is 0 Å². The van der Waals surface area contributed by atoms with Crippen molar-refractivity contribution >= 4 is 40.2 Å². The summed E-state index contributed by atoms with van der Waals surface area (Å²) in [6, 6.07) is 5.12. The molecule has 1 aromatic carbocycles. The van der Waals surface area contributed by atoms with Crippen molar-refractivity contribution in [2.45, 2.75) is 26.3 Å². The summed E-state index contributed by atoms with van der Waals surface area (Å²) in [6.07, 6.45) is 0.823. The number of anilines is 1. The van der Waals surface area contributed by atoms with Crippen LogP contribution in [0.2, 0.25) is 0 Å². The number of rotatable bonds is 5. The van der Waals surface area contributed by atoms with Gasteiger partial charge in [0.1, 0.15) is 0 Å². The van der Waals surface area contributed by atoms with Crippen molar-refractivity contribution < 1.29 is 14.3 Å². The molecule has 1 atom stereocenters. The van der Waals surface area contributed by atoms with Gasteiger partial charge in [-0.15, -0.1) is 0 Å². The lowest BCUT2D eigenvalue weighted by molar-refractivity contribution is -0.124. The number of hydrogen-bond donors (Lipinski definition) is 2. The number of carbonyl (C=O) groups excluding carboxylic acids is 2. The topological polar surface area (TPSA) is 81.4 Å². The molecular formula is C13H17IN2O3. The Hall–Kier alpha value is -1.31. The van der Waals surface area contributed by atoms with Crippen LogP contribution in [0.15, 0.2) is 18.2 Å². The van der Waals surface area contributed by atoms with Gasteiger partial charge in [0, 0.05) is 15.3 Å². The number of ether oxygens (including phenoxy) is 1. The largest absolute Gasteiger partial charge is 0.452 e. The first-order valence-corrected chi connectivity index (χ1v) is 7.03. The van der Waals surface area contributed by atoms with E-state index in [1.54, 1.807) is 18.2 Å². The van der Waals surface area contributed by atoms with Crippen molar-refractivity contribution in [3.63, 3.8) is 0 Å². The molecule has 0 aromatic heterocycles. The fraction of sp³-hybridized carbons (Fsp3) is 0.385. The molecule has 1 aromatic rings. The quantitative estimate of drug-likeness (QED) is 0.468. The maximum atomic E-state index is 11.8. The van der Waals surface area contributed by atoms with Gasteiger partial charge in [0.25, 0.3) is 5.91 Å². The first kappa shape index (κ1) is 15.7. The van der Waals surface area contributed by atoms with Gasteiger partial charge in [-0.3, -0.25) is 4.79 Å². The van der Waals surface area contributed by atoms with Gasteiger partial charge < -0.3 is 15.8 Å². The van der Waals surface area contributed by atoms with Crippen LogP contribution in [0.4, 0.5) is 5.69 Å². The van der Waals surface area contributed by atoms with Gasteiger partial charge in [-0.2, -0.15) is 0 Å². The molecule has 1 rings (SSSR count). The second kappa shape index (κ2) is 7.32. The van der Waals surface area contributed by atoms with Crippen LogP contribution < -0.4 is 11.1 Å². The predicted octanol–water partition coefficient (Wildman–Crippen LogP) is 1.94. The first-order chi connectivity index (χ1) is 8.93. The lowest BCUT2D eigenvalue weighted by atomic mass is 10.2. The monoisotopic (exact) mass is 376 g/mol. The molecule has 0 saturated heterocycles. The summed E-state index contributed by atoms with van der Waals surface area (Å²) in [5.41, 5.74) is 6.32. The molecule has 0 fully saturated rings. The highest BCUT2D eigenvalue weighted by Crippen LogP contribution is 2.16. The van der Waals surface area contributed by atoms with Crippen LogP contribution >= 0.6 is 22.6 Å². The number of carbonyl (C=O) groups is 2. The molecular weight excluding hydrogens is 359 g/mol. The molecule has 0 spiro atoms. The van der Waals surface area contributed by atoms with Gasteiger partial charge >= 0.3 is 5.97 Å². The molecule has 104 valence electrons. The molecule has 0 aliphatic rings. The van der Waals surface area contributed by atoms with Gasteiger partial charge in [-0.1, -0.05) is 6.92 Å². The SMILES string of the molecule is CC[C@@H](C)NC(=O)COC(=O)c1cc(I)ccc1N. The molecule has 0 bridgehead atoms. The van der Waals surface area contributed by atoms with Crippen molar-refractivity contribution in [1.29, 1.82) is 0 Å². The highest BCUT2D eigenvalue weighted by Gasteiger charge is 2.14. The standard InChI is InChI=1S/C13H17IN2O3/c1-3-8(2)16-12(17)7-19-13(18)10-6-9(14)4-5-11(10)15/h4-6,8H,3,7,15H2,1-2H3,(H,16,17)/t8-/m1/s1. The van der Waals surface area contributed by atoms with Crippen molar-refractivity contribution in [3.05, 3.63) is 27.3 Å². The Bertz CT molecular complexity index is 477. The summed E-state index contributed by atoms with van der Waals surface area (Å²) in [7, 11) is 0. The molecule has 5 nitrogen and oxygen atoms in total. The number of amides is 1. The van der Waals surface area contributed by atoms with Crippen LogP contribution in [0.1, 0.15) is 30.6 Å². The minimum Gasteiger partial charge on any atom is -0.452 e. The smallest absolute Gasteiger partial charge is 0.340 e. The fourth-order valence-corrected chi connectivity index (χ4v) is 1.82. The summed E-state index contributed by atoms with van der Waals surface area (Å²) < 4.78 is 5.81. The third-order valence-corrected chi connectivity index (χ3v) is 3.26. The average Bonchev–Trinajstić information content (AvgIpc) is 2.38. The molecule has 0 aliphatic heterocycles. The number of nitrogens with one attached hydrogen (secondary N) is 1. The molecule has 0 heterocycles. The molecule has 19 heavy (non-hydrogen) atoms. The van der Waals surface area contributed by atoms with E-state index in [0.29, 0.717) is 5.69 Å². The lowest BCUT2D eigenvalue weighted by Gasteiger charge is -2.12. The molecule has 0 unspecified atom stereocenters. The Labute approximate surface area is 126 Å².